The fourth-order valence-corrected chi connectivity index (χ4v) is 2.90. The minimum atomic E-state index is 0.198. The van der Waals surface area contributed by atoms with Crippen LogP contribution in [-0.2, 0) is 0 Å². The van der Waals surface area contributed by atoms with Crippen LogP contribution in [0.25, 0.3) is 10.8 Å². The van der Waals surface area contributed by atoms with Gasteiger partial charge in [0.05, 0.1) is 6.04 Å². The average Bonchev–Trinajstić information content (AvgIpc) is 2.53. The second-order valence-electron chi connectivity index (χ2n) is 5.29. The Morgan fingerprint density at radius 2 is 1.81 bits per heavy atom. The minimum absolute atomic E-state index is 0.198. The van der Waals surface area contributed by atoms with E-state index in [0.29, 0.717) is 0 Å². The van der Waals surface area contributed by atoms with Gasteiger partial charge in [0.15, 0.2) is 0 Å². The minimum Gasteiger partial charge on any atom is -0.307 e. The Morgan fingerprint density at radius 3 is 2.62 bits per heavy atom. The van der Waals surface area contributed by atoms with Crippen molar-refractivity contribution in [3.63, 3.8) is 0 Å². The van der Waals surface area contributed by atoms with Crippen molar-refractivity contribution in [3.8, 4) is 0 Å². The van der Waals surface area contributed by atoms with Gasteiger partial charge in [0.25, 0.3) is 0 Å². The molecule has 0 saturated carbocycles. The first-order valence-corrected chi connectivity index (χ1v) is 7.43. The van der Waals surface area contributed by atoms with E-state index in [-0.39, 0.29) is 6.04 Å². The van der Waals surface area contributed by atoms with E-state index in [9.17, 15) is 0 Å². The average molecular weight is 276 g/mol. The number of aromatic nitrogens is 1. The predicted molar refractivity (Wildman–Crippen MR) is 88.4 cm³/mol. The monoisotopic (exact) mass is 276 g/mol. The summed E-state index contributed by atoms with van der Waals surface area (Å²) in [5, 5.41) is 6.21. The molecule has 0 amide bonds. The quantitative estimate of drug-likeness (QED) is 0.771. The number of nitrogens with one attached hydrogen (secondary N) is 1. The van der Waals surface area contributed by atoms with Crippen molar-refractivity contribution in [2.75, 3.05) is 6.54 Å². The molecule has 1 heterocycles. The van der Waals surface area contributed by atoms with E-state index in [1.165, 1.54) is 27.5 Å². The number of benzene rings is 2. The molecule has 3 aromatic rings. The standard InChI is InChI=1S/C19H20N2/c1-3-21-19(16-11-12-20-13-14(16)2)18-10-6-8-15-7-4-5-9-17(15)18/h4-13,19,21H,3H2,1-2H3. The van der Waals surface area contributed by atoms with E-state index in [1.54, 1.807) is 0 Å². The summed E-state index contributed by atoms with van der Waals surface area (Å²) in [5.41, 5.74) is 3.84. The van der Waals surface area contributed by atoms with Crippen LogP contribution in [0.15, 0.2) is 60.9 Å². The molecule has 1 N–H and O–H groups in total. The van der Waals surface area contributed by atoms with Gasteiger partial charge in [-0.1, -0.05) is 49.4 Å². The van der Waals surface area contributed by atoms with Gasteiger partial charge in [0.1, 0.15) is 0 Å². The van der Waals surface area contributed by atoms with Crippen molar-refractivity contribution < 1.29 is 0 Å². The first kappa shape index (κ1) is 13.8. The zero-order valence-electron chi connectivity index (χ0n) is 12.5. The molecule has 0 bridgehead atoms. The van der Waals surface area contributed by atoms with Crippen molar-refractivity contribution in [2.45, 2.75) is 19.9 Å². The molecule has 0 spiro atoms. The van der Waals surface area contributed by atoms with Gasteiger partial charge in [0, 0.05) is 12.4 Å². The lowest BCUT2D eigenvalue weighted by atomic mass is 9.92. The summed E-state index contributed by atoms with van der Waals surface area (Å²) in [6, 6.07) is 17.4. The van der Waals surface area contributed by atoms with Crippen LogP contribution in [0.5, 0.6) is 0 Å². The number of nitrogens with zero attached hydrogens (tertiary/aromatic N) is 1. The van der Waals surface area contributed by atoms with Crippen LogP contribution in [0.4, 0.5) is 0 Å². The van der Waals surface area contributed by atoms with Gasteiger partial charge in [0.2, 0.25) is 0 Å². The lowest BCUT2D eigenvalue weighted by molar-refractivity contribution is 0.630. The molecular weight excluding hydrogens is 256 g/mol. The third-order valence-electron chi connectivity index (χ3n) is 3.92. The summed E-state index contributed by atoms with van der Waals surface area (Å²) in [6.07, 6.45) is 3.81. The van der Waals surface area contributed by atoms with Crippen LogP contribution < -0.4 is 5.32 Å². The number of hydrogen-bond acceptors (Lipinski definition) is 2. The van der Waals surface area contributed by atoms with E-state index in [1.807, 2.05) is 12.4 Å². The summed E-state index contributed by atoms with van der Waals surface area (Å²) in [4.78, 5) is 4.22. The molecule has 1 aromatic heterocycles. The van der Waals surface area contributed by atoms with Gasteiger partial charge in [-0.3, -0.25) is 4.98 Å². The molecule has 0 radical (unpaired) electrons. The normalized spacial score (nSPS) is 12.5. The molecule has 1 unspecified atom stereocenters. The molecule has 0 aliphatic carbocycles. The Hall–Kier alpha value is -2.19. The smallest absolute Gasteiger partial charge is 0.0586 e. The van der Waals surface area contributed by atoms with E-state index >= 15 is 0 Å². The van der Waals surface area contributed by atoms with Gasteiger partial charge < -0.3 is 5.32 Å². The Kier molecular flexibility index (Phi) is 3.98. The van der Waals surface area contributed by atoms with Gasteiger partial charge in [-0.25, -0.2) is 0 Å². The van der Waals surface area contributed by atoms with E-state index in [4.69, 9.17) is 0 Å². The molecule has 2 nitrogen and oxygen atoms in total. The highest BCUT2D eigenvalue weighted by Crippen LogP contribution is 2.30. The summed E-state index contributed by atoms with van der Waals surface area (Å²) < 4.78 is 0. The molecule has 21 heavy (non-hydrogen) atoms. The maximum atomic E-state index is 4.22. The topological polar surface area (TPSA) is 24.9 Å². The summed E-state index contributed by atoms with van der Waals surface area (Å²) in [5.74, 6) is 0. The first-order chi connectivity index (χ1) is 10.3. The summed E-state index contributed by atoms with van der Waals surface area (Å²) in [7, 11) is 0. The molecule has 2 heteroatoms. The molecule has 0 aliphatic rings. The molecule has 0 saturated heterocycles. The maximum absolute atomic E-state index is 4.22. The highest BCUT2D eigenvalue weighted by Gasteiger charge is 2.17. The largest absolute Gasteiger partial charge is 0.307 e. The summed E-state index contributed by atoms with van der Waals surface area (Å²) in [6.45, 7) is 5.20. The molecular formula is C19H20N2. The van der Waals surface area contributed by atoms with Crippen LogP contribution >= 0.6 is 0 Å². The van der Waals surface area contributed by atoms with Crippen LogP contribution in [-0.4, -0.2) is 11.5 Å². The van der Waals surface area contributed by atoms with Crippen molar-refractivity contribution in [2.24, 2.45) is 0 Å². The van der Waals surface area contributed by atoms with Gasteiger partial charge in [-0.2, -0.15) is 0 Å². The molecule has 0 fully saturated rings. The predicted octanol–water partition coefficient (Wildman–Crippen LogP) is 4.24. The molecule has 0 aliphatic heterocycles. The van der Waals surface area contributed by atoms with Crippen molar-refractivity contribution >= 4 is 10.8 Å². The number of rotatable bonds is 4. The van der Waals surface area contributed by atoms with Crippen molar-refractivity contribution in [1.82, 2.24) is 10.3 Å². The van der Waals surface area contributed by atoms with Crippen molar-refractivity contribution in [3.05, 3.63) is 77.6 Å². The van der Waals surface area contributed by atoms with Crippen LogP contribution in [0.2, 0.25) is 0 Å². The van der Waals surface area contributed by atoms with Crippen LogP contribution in [0.3, 0.4) is 0 Å². The molecule has 1 atom stereocenters. The van der Waals surface area contributed by atoms with Gasteiger partial charge in [-0.15, -0.1) is 0 Å². The number of aryl methyl sites for hydroxylation is 1. The van der Waals surface area contributed by atoms with E-state index in [2.05, 4.69) is 72.7 Å². The lowest BCUT2D eigenvalue weighted by Gasteiger charge is -2.22. The zero-order valence-corrected chi connectivity index (χ0v) is 12.5. The zero-order chi connectivity index (χ0) is 14.7. The fraction of sp³-hybridized carbons (Fsp3) is 0.211. The highest BCUT2D eigenvalue weighted by molar-refractivity contribution is 5.86. The molecule has 3 rings (SSSR count). The Bertz CT molecular complexity index is 744. The molecule has 2 aromatic carbocycles. The Morgan fingerprint density at radius 1 is 1.00 bits per heavy atom. The lowest BCUT2D eigenvalue weighted by Crippen LogP contribution is -2.23. The third kappa shape index (κ3) is 2.67. The second-order valence-corrected chi connectivity index (χ2v) is 5.29. The van der Waals surface area contributed by atoms with Crippen LogP contribution in [0, 0.1) is 6.92 Å². The molecule has 106 valence electrons. The SMILES string of the molecule is CCNC(c1ccncc1C)c1cccc2ccccc12. The Balaban J connectivity index is 2.19. The second kappa shape index (κ2) is 6.06. The van der Waals surface area contributed by atoms with E-state index in [0.717, 1.165) is 6.54 Å². The highest BCUT2D eigenvalue weighted by atomic mass is 14.9. The number of pyridine rings is 1. The third-order valence-corrected chi connectivity index (χ3v) is 3.92. The van der Waals surface area contributed by atoms with Crippen molar-refractivity contribution in [1.29, 1.82) is 0 Å². The number of fused-ring (bicyclic) bond motifs is 1. The fourth-order valence-electron chi connectivity index (χ4n) is 2.90. The van der Waals surface area contributed by atoms with Gasteiger partial charge in [-0.05, 0) is 47.0 Å². The van der Waals surface area contributed by atoms with Crippen LogP contribution in [0.1, 0.15) is 29.7 Å². The van der Waals surface area contributed by atoms with E-state index < -0.39 is 0 Å². The van der Waals surface area contributed by atoms with Gasteiger partial charge >= 0.3 is 0 Å². The number of hydrogen-bond donors (Lipinski definition) is 1. The first-order valence-electron chi connectivity index (χ1n) is 7.43. The maximum Gasteiger partial charge on any atom is 0.0586 e. The Labute approximate surface area is 125 Å². The summed E-state index contributed by atoms with van der Waals surface area (Å²) >= 11 is 0.